The van der Waals surface area contributed by atoms with Crippen LogP contribution in [0.15, 0.2) is 63.8 Å². The molecule has 0 bridgehead atoms. The third-order valence-electron chi connectivity index (χ3n) is 6.03. The van der Waals surface area contributed by atoms with Crippen LogP contribution in [0, 0.1) is 18.7 Å². The Hall–Kier alpha value is -3.68. The molecule has 182 valence electrons. The number of hydrogen-bond acceptors (Lipinski definition) is 6. The number of aliphatic imine (C=N–C) groups is 1. The molecule has 1 saturated carbocycles. The minimum atomic E-state index is -0.345. The lowest BCUT2D eigenvalue weighted by atomic mass is 9.92. The lowest BCUT2D eigenvalue weighted by Gasteiger charge is -2.25. The minimum absolute atomic E-state index is 0.0703. The van der Waals surface area contributed by atoms with Crippen molar-refractivity contribution in [3.8, 4) is 0 Å². The van der Waals surface area contributed by atoms with Crippen LogP contribution in [0.5, 0.6) is 0 Å². The zero-order valence-corrected chi connectivity index (χ0v) is 20.2. The van der Waals surface area contributed by atoms with Gasteiger partial charge < -0.3 is 10.4 Å². The number of rotatable bonds is 6. The molecule has 35 heavy (non-hydrogen) atoms. The van der Waals surface area contributed by atoms with Crippen molar-refractivity contribution in [1.29, 1.82) is 0 Å². The number of nitrogens with one attached hydrogen (secondary N) is 1. The smallest absolute Gasteiger partial charge is 0.226 e. The summed E-state index contributed by atoms with van der Waals surface area (Å²) in [6.07, 6.45) is 3.18. The van der Waals surface area contributed by atoms with Gasteiger partial charge in [-0.3, -0.25) is 14.8 Å². The first-order chi connectivity index (χ1) is 16.8. The first-order valence-corrected chi connectivity index (χ1v) is 11.9. The van der Waals surface area contributed by atoms with E-state index in [1.807, 2.05) is 20.8 Å². The second kappa shape index (κ2) is 10.7. The van der Waals surface area contributed by atoms with Gasteiger partial charge in [0.05, 0.1) is 23.3 Å². The monoisotopic (exact) mass is 474 g/mol. The Labute approximate surface area is 204 Å². The highest BCUT2D eigenvalue weighted by atomic mass is 19.1. The van der Waals surface area contributed by atoms with Gasteiger partial charge in [-0.05, 0) is 80.5 Å². The highest BCUT2D eigenvalue weighted by molar-refractivity contribution is 5.95. The zero-order valence-electron chi connectivity index (χ0n) is 20.2. The maximum Gasteiger partial charge on any atom is 0.226 e. The van der Waals surface area contributed by atoms with E-state index in [-0.39, 0.29) is 35.6 Å². The van der Waals surface area contributed by atoms with E-state index in [1.54, 1.807) is 36.4 Å². The number of halogens is 1. The number of benzene rings is 2. The van der Waals surface area contributed by atoms with Gasteiger partial charge in [0.15, 0.2) is 0 Å². The fourth-order valence-electron chi connectivity index (χ4n) is 4.15. The molecular formula is C27H29FN5O2-. The molecule has 0 aliphatic heterocycles. The summed E-state index contributed by atoms with van der Waals surface area (Å²) >= 11 is 0. The molecule has 1 amide bonds. The average Bonchev–Trinajstić information content (AvgIpc) is 2.83. The van der Waals surface area contributed by atoms with Crippen LogP contribution in [0.3, 0.4) is 0 Å². The maximum atomic E-state index is 13.8. The minimum Gasteiger partial charge on any atom is -0.858 e. The Bertz CT molecular complexity index is 1290. The lowest BCUT2D eigenvalue weighted by Crippen LogP contribution is -2.27. The Morgan fingerprint density at radius 3 is 2.74 bits per heavy atom. The maximum absolute atomic E-state index is 13.8. The normalized spacial score (nSPS) is 18.9. The number of azo groups is 1. The highest BCUT2D eigenvalue weighted by Crippen LogP contribution is 2.30. The van der Waals surface area contributed by atoms with Crippen molar-refractivity contribution in [3.05, 3.63) is 65.6 Å². The second-order valence-electron chi connectivity index (χ2n) is 9.29. The largest absolute Gasteiger partial charge is 0.858 e. The van der Waals surface area contributed by atoms with E-state index in [2.05, 4.69) is 25.5 Å². The second-order valence-corrected chi connectivity index (χ2v) is 9.29. The van der Waals surface area contributed by atoms with Crippen molar-refractivity contribution in [1.82, 2.24) is 4.98 Å². The number of carbonyl (C=O) groups excluding carboxylic acids is 1. The highest BCUT2D eigenvalue weighted by Gasteiger charge is 2.21. The first-order valence-electron chi connectivity index (χ1n) is 11.9. The van der Waals surface area contributed by atoms with Crippen molar-refractivity contribution < 1.29 is 14.3 Å². The molecule has 1 fully saturated rings. The molecule has 3 aromatic rings. The van der Waals surface area contributed by atoms with Crippen LogP contribution < -0.4 is 10.4 Å². The molecule has 0 spiro atoms. The third kappa shape index (κ3) is 6.26. The molecule has 2 atom stereocenters. The predicted molar refractivity (Wildman–Crippen MR) is 133 cm³/mol. The molecule has 0 radical (unpaired) electrons. The summed E-state index contributed by atoms with van der Waals surface area (Å²) in [7, 11) is 0. The molecule has 2 aromatic carbocycles. The summed E-state index contributed by atoms with van der Waals surface area (Å²) in [5.74, 6) is -0.908. The molecule has 1 aromatic heterocycles. The summed E-state index contributed by atoms with van der Waals surface area (Å²) in [6.45, 7) is 5.49. The van der Waals surface area contributed by atoms with Gasteiger partial charge in [0.1, 0.15) is 5.82 Å². The number of amides is 1. The summed E-state index contributed by atoms with van der Waals surface area (Å²) in [4.78, 5) is 20.8. The van der Waals surface area contributed by atoms with Gasteiger partial charge in [-0.15, -0.1) is 0 Å². The van der Waals surface area contributed by atoms with Gasteiger partial charge in [-0.25, -0.2) is 4.39 Å². The summed E-state index contributed by atoms with van der Waals surface area (Å²) < 4.78 is 13.8. The Balaban J connectivity index is 1.47. The van der Waals surface area contributed by atoms with E-state index in [0.29, 0.717) is 34.3 Å². The van der Waals surface area contributed by atoms with Crippen molar-refractivity contribution in [2.24, 2.45) is 21.1 Å². The molecule has 0 saturated heterocycles. The summed E-state index contributed by atoms with van der Waals surface area (Å²) in [5, 5.41) is 25.2. The lowest BCUT2D eigenvalue weighted by molar-refractivity contribution is -0.213. The van der Waals surface area contributed by atoms with E-state index in [9.17, 15) is 14.3 Å². The molecule has 4 rings (SSSR count). The molecule has 7 nitrogen and oxygen atoms in total. The van der Waals surface area contributed by atoms with Crippen LogP contribution in [-0.2, 0) is 4.79 Å². The van der Waals surface area contributed by atoms with Gasteiger partial charge in [-0.2, -0.15) is 10.2 Å². The van der Waals surface area contributed by atoms with Crippen LogP contribution in [0.25, 0.3) is 10.9 Å². The molecule has 1 aliphatic rings. The molecule has 1 heterocycles. The van der Waals surface area contributed by atoms with Gasteiger partial charge >= 0.3 is 0 Å². The number of fused-ring (bicyclic) bond motifs is 1. The standard InChI is InChI=1S/C27H30FN5O2/c1-16(2)26(34)30-20-7-4-6-18(13-20)27(35)31-21-8-5-9-22(15-21)32-33-25-12-17(3)29-24-11-10-19(28)14-23(24)25/h4,6-7,10-14,16,21-22H,5,8-9,15H2,1-3H3,(H,30,34)(H,31,35)/p-1. The van der Waals surface area contributed by atoms with Gasteiger partial charge in [0, 0.05) is 22.7 Å². The third-order valence-corrected chi connectivity index (χ3v) is 6.03. The molecule has 8 heteroatoms. The number of nitrogens with zero attached hydrogens (tertiary/aromatic N) is 4. The van der Waals surface area contributed by atoms with Crippen molar-refractivity contribution in [3.63, 3.8) is 0 Å². The van der Waals surface area contributed by atoms with Crippen LogP contribution in [0.4, 0.5) is 15.8 Å². The topological polar surface area (TPSA) is 102 Å². The van der Waals surface area contributed by atoms with Crippen molar-refractivity contribution in [2.75, 3.05) is 5.32 Å². The summed E-state index contributed by atoms with van der Waals surface area (Å²) in [6, 6.07) is 12.9. The number of anilines is 1. The van der Waals surface area contributed by atoms with Crippen LogP contribution in [0.1, 0.15) is 50.8 Å². The van der Waals surface area contributed by atoms with Gasteiger partial charge in [-0.1, -0.05) is 26.0 Å². The van der Waals surface area contributed by atoms with E-state index in [1.165, 1.54) is 12.1 Å². The SMILES string of the molecule is Cc1cc(N=NC2CCCC(N=C([O-])c3cccc(NC(=O)C(C)C)c3)C2)c2cc(F)ccc2n1. The number of carbonyl (C=O) groups is 1. The average molecular weight is 475 g/mol. The number of hydrogen-bond donors (Lipinski definition) is 1. The summed E-state index contributed by atoms with van der Waals surface area (Å²) in [5.41, 5.74) is 3.07. The Kier molecular flexibility index (Phi) is 7.48. The van der Waals surface area contributed by atoms with Crippen LogP contribution >= 0.6 is 0 Å². The fourth-order valence-corrected chi connectivity index (χ4v) is 4.15. The quantitative estimate of drug-likeness (QED) is 0.291. The molecule has 1 aliphatic carbocycles. The Morgan fingerprint density at radius 2 is 1.94 bits per heavy atom. The van der Waals surface area contributed by atoms with E-state index in [4.69, 9.17) is 0 Å². The van der Waals surface area contributed by atoms with Crippen molar-refractivity contribution in [2.45, 2.75) is 58.5 Å². The number of pyridine rings is 1. The fraction of sp³-hybridized carbons (Fsp3) is 0.370. The predicted octanol–water partition coefficient (Wildman–Crippen LogP) is 5.48. The molecule has 2 unspecified atom stereocenters. The van der Waals surface area contributed by atoms with Crippen molar-refractivity contribution >= 4 is 34.1 Å². The van der Waals surface area contributed by atoms with Gasteiger partial charge in [0.2, 0.25) is 5.91 Å². The molecule has 1 N–H and O–H groups in total. The number of aryl methyl sites for hydroxylation is 1. The Morgan fingerprint density at radius 1 is 1.14 bits per heavy atom. The van der Waals surface area contributed by atoms with E-state index >= 15 is 0 Å². The molecular weight excluding hydrogens is 445 g/mol. The zero-order chi connectivity index (χ0) is 24.9. The van der Waals surface area contributed by atoms with E-state index in [0.717, 1.165) is 25.0 Å². The van der Waals surface area contributed by atoms with E-state index < -0.39 is 0 Å². The number of aromatic nitrogens is 1. The first kappa shape index (κ1) is 24.4. The van der Waals surface area contributed by atoms with Gasteiger partial charge in [0.25, 0.3) is 0 Å². The van der Waals surface area contributed by atoms with Crippen LogP contribution in [0.2, 0.25) is 0 Å². The van der Waals surface area contributed by atoms with Crippen LogP contribution in [-0.4, -0.2) is 28.9 Å².